The van der Waals surface area contributed by atoms with Crippen LogP contribution in [0.1, 0.15) is 386 Å². The van der Waals surface area contributed by atoms with Crippen LogP contribution in [0.4, 0.5) is 0 Å². The highest BCUT2D eigenvalue weighted by Gasteiger charge is 2.44. The average Bonchev–Trinajstić information content (AvgIpc) is 3.60. The van der Waals surface area contributed by atoms with Crippen molar-refractivity contribution in [2.24, 2.45) is 0 Å². The summed E-state index contributed by atoms with van der Waals surface area (Å²) in [6.45, 7) is 3.84. The lowest BCUT2D eigenvalue weighted by Gasteiger charge is -2.40. The van der Waals surface area contributed by atoms with Crippen molar-refractivity contribution in [1.82, 2.24) is 5.32 Å². The number of hydrogen-bond acceptors (Lipinski definition) is 8. The van der Waals surface area contributed by atoms with Gasteiger partial charge in [0.05, 0.1) is 25.4 Å². The van der Waals surface area contributed by atoms with Crippen molar-refractivity contribution in [2.45, 2.75) is 429 Å². The topological polar surface area (TPSA) is 149 Å². The number of unbranched alkanes of at least 4 members (excludes halogenated alkanes) is 54. The van der Waals surface area contributed by atoms with Gasteiger partial charge in [-0.25, -0.2) is 0 Å². The van der Waals surface area contributed by atoms with Crippen LogP contribution in [0.3, 0.4) is 0 Å². The van der Waals surface area contributed by atoms with Gasteiger partial charge in [0, 0.05) is 6.42 Å². The minimum atomic E-state index is -1.57. The molecule has 1 rings (SSSR count). The van der Waals surface area contributed by atoms with E-state index in [9.17, 15) is 30.3 Å². The molecule has 0 aliphatic carbocycles. The molecule has 0 bridgehead atoms. The molecule has 1 amide bonds. The zero-order chi connectivity index (χ0) is 60.0. The van der Waals surface area contributed by atoms with E-state index in [1.165, 1.54) is 327 Å². The smallest absolute Gasteiger partial charge is 0.220 e. The monoisotopic (exact) mass is 1170 g/mol. The fourth-order valence-corrected chi connectivity index (χ4v) is 12.2. The maximum absolute atomic E-state index is 13.1. The number of carbonyl (C=O) groups is 1. The van der Waals surface area contributed by atoms with Crippen LogP contribution in [0.5, 0.6) is 0 Å². The van der Waals surface area contributed by atoms with Gasteiger partial charge in [-0.2, -0.15) is 0 Å². The Balaban J connectivity index is 2.10. The predicted octanol–water partition coefficient (Wildman–Crippen LogP) is 20.4. The molecule has 9 heteroatoms. The van der Waals surface area contributed by atoms with Gasteiger partial charge in [0.25, 0.3) is 0 Å². The van der Waals surface area contributed by atoms with E-state index in [0.29, 0.717) is 6.42 Å². The SMILES string of the molecule is CCCCCCCCCC/C=C\CCCCCCCCCCCCCCCCCCCC(=O)NC(COC1OC(CO)C(O)C(O)C1O)C(O)/C=C/CCCCCCCCCCCCCCCCCCCCCCCCCCCCCCC. The van der Waals surface area contributed by atoms with Crippen LogP contribution < -0.4 is 5.32 Å². The molecule has 0 aromatic rings. The number of aliphatic hydroxyl groups excluding tert-OH is 5. The van der Waals surface area contributed by atoms with E-state index < -0.39 is 49.5 Å². The Morgan fingerprint density at radius 1 is 0.398 bits per heavy atom. The Bertz CT molecular complexity index is 1360. The van der Waals surface area contributed by atoms with Crippen molar-refractivity contribution in [1.29, 1.82) is 0 Å². The summed E-state index contributed by atoms with van der Waals surface area (Å²) in [4.78, 5) is 13.1. The van der Waals surface area contributed by atoms with Crippen molar-refractivity contribution in [3.8, 4) is 0 Å². The van der Waals surface area contributed by atoms with Gasteiger partial charge in [0.2, 0.25) is 5.91 Å². The minimum Gasteiger partial charge on any atom is -0.394 e. The molecular formula is C74H143NO8. The Morgan fingerprint density at radius 3 is 0.976 bits per heavy atom. The highest BCUT2D eigenvalue weighted by Crippen LogP contribution is 2.24. The molecule has 1 aliphatic heterocycles. The van der Waals surface area contributed by atoms with Crippen molar-refractivity contribution in [2.75, 3.05) is 13.2 Å². The van der Waals surface area contributed by atoms with E-state index in [-0.39, 0.29) is 12.5 Å². The molecule has 9 nitrogen and oxygen atoms in total. The lowest BCUT2D eigenvalue weighted by Crippen LogP contribution is -2.60. The molecule has 7 unspecified atom stereocenters. The summed E-state index contributed by atoms with van der Waals surface area (Å²) in [6, 6.07) is -0.804. The first kappa shape index (κ1) is 79.7. The van der Waals surface area contributed by atoms with Crippen molar-refractivity contribution >= 4 is 5.91 Å². The molecular weight excluding hydrogens is 1030 g/mol. The summed E-state index contributed by atoms with van der Waals surface area (Å²) in [5, 5.41) is 54.8. The first-order chi connectivity index (χ1) is 40.8. The molecule has 0 aromatic heterocycles. The van der Waals surface area contributed by atoms with Crippen LogP contribution in [0, 0.1) is 0 Å². The second-order valence-corrected chi connectivity index (χ2v) is 26.1. The third kappa shape index (κ3) is 52.3. The highest BCUT2D eigenvalue weighted by atomic mass is 16.7. The normalized spacial score (nSPS) is 18.3. The molecule has 1 saturated heterocycles. The molecule has 0 saturated carbocycles. The number of hydrogen-bond donors (Lipinski definition) is 6. The number of aliphatic hydroxyl groups is 5. The Labute approximate surface area is 515 Å². The molecule has 6 N–H and O–H groups in total. The molecule has 492 valence electrons. The second-order valence-electron chi connectivity index (χ2n) is 26.1. The lowest BCUT2D eigenvalue weighted by atomic mass is 9.99. The number of nitrogens with one attached hydrogen (secondary N) is 1. The third-order valence-corrected chi connectivity index (χ3v) is 18.0. The van der Waals surface area contributed by atoms with Gasteiger partial charge in [-0.05, 0) is 44.9 Å². The largest absolute Gasteiger partial charge is 0.394 e. The molecule has 1 heterocycles. The maximum atomic E-state index is 13.1. The van der Waals surface area contributed by atoms with Crippen LogP contribution in [-0.4, -0.2) is 87.5 Å². The summed E-state index contributed by atoms with van der Waals surface area (Å²) < 4.78 is 11.3. The van der Waals surface area contributed by atoms with E-state index in [1.54, 1.807) is 6.08 Å². The summed E-state index contributed by atoms with van der Waals surface area (Å²) in [7, 11) is 0. The molecule has 0 spiro atoms. The standard InChI is InChI=1S/C74H143NO8/c1-3-5-7-9-11-13-15-17-19-21-23-25-27-29-31-33-34-36-37-39-41-43-45-47-49-51-53-55-57-59-61-63-68(77)67(66-82-74-73(81)72(80)71(79)69(65-76)83-74)75-70(78)64-62-60-58-56-54-52-50-48-46-44-42-40-38-35-32-30-28-26-24-22-20-18-16-14-12-10-8-6-4-2/h22,24,61,63,67-69,71-74,76-77,79-81H,3-21,23,25-60,62,64-66H2,1-2H3,(H,75,78)/b24-22-,63-61+. The Morgan fingerprint density at radius 2 is 0.675 bits per heavy atom. The van der Waals surface area contributed by atoms with E-state index in [1.807, 2.05) is 6.08 Å². The fraction of sp³-hybridized carbons (Fsp3) is 0.932. The van der Waals surface area contributed by atoms with Crippen molar-refractivity contribution < 1.29 is 39.8 Å². The predicted molar refractivity (Wildman–Crippen MR) is 355 cm³/mol. The number of amides is 1. The third-order valence-electron chi connectivity index (χ3n) is 18.0. The van der Waals surface area contributed by atoms with Gasteiger partial charge in [-0.1, -0.05) is 359 Å². The summed E-state index contributed by atoms with van der Waals surface area (Å²) >= 11 is 0. The number of carbonyl (C=O) groups excluding carboxylic acids is 1. The van der Waals surface area contributed by atoms with Gasteiger partial charge in [0.1, 0.15) is 24.4 Å². The Hall–Kier alpha value is -1.33. The summed E-state index contributed by atoms with van der Waals surface area (Å²) in [6.07, 6.45) is 77.3. The minimum absolute atomic E-state index is 0.168. The molecule has 1 fully saturated rings. The molecule has 0 aromatic carbocycles. The zero-order valence-electron chi connectivity index (χ0n) is 55.2. The van der Waals surface area contributed by atoms with E-state index in [2.05, 4.69) is 31.3 Å². The lowest BCUT2D eigenvalue weighted by molar-refractivity contribution is -0.302. The van der Waals surface area contributed by atoms with Crippen LogP contribution in [0.25, 0.3) is 0 Å². The first-order valence-corrected chi connectivity index (χ1v) is 37.1. The number of allylic oxidation sites excluding steroid dienone is 3. The summed E-state index contributed by atoms with van der Waals surface area (Å²) in [5.74, 6) is -0.168. The van der Waals surface area contributed by atoms with Gasteiger partial charge in [0.15, 0.2) is 6.29 Å². The van der Waals surface area contributed by atoms with Crippen LogP contribution in [-0.2, 0) is 14.3 Å². The molecule has 7 atom stereocenters. The van der Waals surface area contributed by atoms with Gasteiger partial charge in [-0.3, -0.25) is 4.79 Å². The zero-order valence-corrected chi connectivity index (χ0v) is 55.2. The van der Waals surface area contributed by atoms with Crippen molar-refractivity contribution in [3.05, 3.63) is 24.3 Å². The number of rotatable bonds is 66. The van der Waals surface area contributed by atoms with Crippen LogP contribution in [0.2, 0.25) is 0 Å². The van der Waals surface area contributed by atoms with Gasteiger partial charge >= 0.3 is 0 Å². The number of ether oxygens (including phenoxy) is 2. The fourth-order valence-electron chi connectivity index (χ4n) is 12.2. The molecule has 1 aliphatic rings. The highest BCUT2D eigenvalue weighted by molar-refractivity contribution is 5.76. The second kappa shape index (κ2) is 63.7. The quantitative estimate of drug-likeness (QED) is 0.0261. The molecule has 83 heavy (non-hydrogen) atoms. The van der Waals surface area contributed by atoms with E-state index >= 15 is 0 Å². The average molecular weight is 1170 g/mol. The van der Waals surface area contributed by atoms with Crippen LogP contribution in [0.15, 0.2) is 24.3 Å². The Kier molecular flexibility index (Phi) is 61.1. The maximum Gasteiger partial charge on any atom is 0.220 e. The van der Waals surface area contributed by atoms with E-state index in [4.69, 9.17) is 9.47 Å². The molecule has 0 radical (unpaired) electrons. The van der Waals surface area contributed by atoms with Crippen LogP contribution >= 0.6 is 0 Å². The van der Waals surface area contributed by atoms with E-state index in [0.717, 1.165) is 38.5 Å². The van der Waals surface area contributed by atoms with Gasteiger partial charge in [-0.15, -0.1) is 0 Å². The first-order valence-electron chi connectivity index (χ1n) is 37.1. The van der Waals surface area contributed by atoms with Crippen molar-refractivity contribution in [3.63, 3.8) is 0 Å². The summed E-state index contributed by atoms with van der Waals surface area (Å²) in [5.41, 5.74) is 0. The van der Waals surface area contributed by atoms with Gasteiger partial charge < -0.3 is 40.3 Å².